The number of hydrogen-bond donors (Lipinski definition) is 2. The Balaban J connectivity index is 0.00000180. The number of nitrogens with zero attached hydrogens (tertiary/aromatic N) is 1. The standard InChI is InChI=1S/C13H18FN3O.2ClH/c14-11-5-10(7-16-8-11)13(18)17-12-4-2-1-3-9(12)6-15;;/h5,7-9,12H,1-4,6,15H2,(H,17,18);2*1H. The van der Waals surface area contributed by atoms with E-state index >= 15 is 0 Å². The van der Waals surface area contributed by atoms with Crippen LogP contribution >= 0.6 is 24.8 Å². The van der Waals surface area contributed by atoms with E-state index in [1.165, 1.54) is 12.3 Å². The van der Waals surface area contributed by atoms with Crippen LogP contribution in [0.15, 0.2) is 18.5 Å². The molecule has 20 heavy (non-hydrogen) atoms. The summed E-state index contributed by atoms with van der Waals surface area (Å²) in [6.07, 6.45) is 6.70. The van der Waals surface area contributed by atoms with Gasteiger partial charge in [-0.1, -0.05) is 12.8 Å². The summed E-state index contributed by atoms with van der Waals surface area (Å²) < 4.78 is 13.0. The van der Waals surface area contributed by atoms with Crippen LogP contribution in [0.3, 0.4) is 0 Å². The van der Waals surface area contributed by atoms with Crippen molar-refractivity contribution in [3.63, 3.8) is 0 Å². The van der Waals surface area contributed by atoms with Gasteiger partial charge in [0.2, 0.25) is 0 Å². The number of carbonyl (C=O) groups excluding carboxylic acids is 1. The van der Waals surface area contributed by atoms with Crippen molar-refractivity contribution < 1.29 is 9.18 Å². The van der Waals surface area contributed by atoms with Gasteiger partial charge in [0.05, 0.1) is 11.8 Å². The Morgan fingerprint density at radius 1 is 1.35 bits per heavy atom. The smallest absolute Gasteiger partial charge is 0.253 e. The van der Waals surface area contributed by atoms with E-state index in [1.54, 1.807) is 0 Å². The van der Waals surface area contributed by atoms with E-state index in [1.807, 2.05) is 0 Å². The Labute approximate surface area is 130 Å². The summed E-state index contributed by atoms with van der Waals surface area (Å²) in [4.78, 5) is 15.6. The fourth-order valence-corrected chi connectivity index (χ4v) is 2.47. The average molecular weight is 324 g/mol. The third-order valence-electron chi connectivity index (χ3n) is 3.50. The van der Waals surface area contributed by atoms with Crippen molar-refractivity contribution in [2.45, 2.75) is 31.7 Å². The van der Waals surface area contributed by atoms with Gasteiger partial charge in [-0.2, -0.15) is 0 Å². The van der Waals surface area contributed by atoms with Gasteiger partial charge in [0.25, 0.3) is 5.91 Å². The molecule has 0 aromatic carbocycles. The van der Waals surface area contributed by atoms with Gasteiger partial charge in [-0.25, -0.2) is 4.39 Å². The molecule has 3 N–H and O–H groups in total. The minimum atomic E-state index is -0.498. The molecule has 1 aliphatic carbocycles. The van der Waals surface area contributed by atoms with E-state index in [-0.39, 0.29) is 42.3 Å². The van der Waals surface area contributed by atoms with E-state index in [9.17, 15) is 9.18 Å². The van der Waals surface area contributed by atoms with Crippen LogP contribution in [0.2, 0.25) is 0 Å². The van der Waals surface area contributed by atoms with Crippen molar-refractivity contribution in [3.05, 3.63) is 29.8 Å². The van der Waals surface area contributed by atoms with Crippen molar-refractivity contribution in [2.75, 3.05) is 6.54 Å². The molecule has 0 aliphatic heterocycles. The topological polar surface area (TPSA) is 68.0 Å². The molecule has 1 fully saturated rings. The van der Waals surface area contributed by atoms with Gasteiger partial charge in [-0.15, -0.1) is 24.8 Å². The zero-order chi connectivity index (χ0) is 13.0. The van der Waals surface area contributed by atoms with Gasteiger partial charge < -0.3 is 11.1 Å². The third kappa shape index (κ3) is 4.89. The zero-order valence-corrected chi connectivity index (χ0v) is 12.7. The van der Waals surface area contributed by atoms with Gasteiger partial charge in [0.1, 0.15) is 5.82 Å². The van der Waals surface area contributed by atoms with Crippen molar-refractivity contribution in [2.24, 2.45) is 11.7 Å². The number of nitrogens with one attached hydrogen (secondary N) is 1. The fraction of sp³-hybridized carbons (Fsp3) is 0.538. The lowest BCUT2D eigenvalue weighted by atomic mass is 9.84. The van der Waals surface area contributed by atoms with Crippen LogP contribution < -0.4 is 11.1 Å². The molecule has 1 amide bonds. The van der Waals surface area contributed by atoms with Crippen LogP contribution in [0.25, 0.3) is 0 Å². The second-order valence-corrected chi connectivity index (χ2v) is 4.75. The van der Waals surface area contributed by atoms with Gasteiger partial charge in [0, 0.05) is 12.2 Å². The molecule has 2 atom stereocenters. The number of nitrogens with two attached hydrogens (primary N) is 1. The number of aromatic nitrogens is 1. The molecule has 1 heterocycles. The molecule has 0 radical (unpaired) electrons. The summed E-state index contributed by atoms with van der Waals surface area (Å²) in [5, 5.41) is 2.94. The number of hydrogen-bond acceptors (Lipinski definition) is 3. The lowest BCUT2D eigenvalue weighted by Gasteiger charge is -2.31. The van der Waals surface area contributed by atoms with Crippen LogP contribution in [0.4, 0.5) is 4.39 Å². The first-order valence-corrected chi connectivity index (χ1v) is 6.32. The first kappa shape index (κ1) is 19.1. The maximum Gasteiger partial charge on any atom is 0.253 e. The Hall–Kier alpha value is -0.910. The molecule has 2 unspecified atom stereocenters. The van der Waals surface area contributed by atoms with Gasteiger partial charge in [-0.3, -0.25) is 9.78 Å². The zero-order valence-electron chi connectivity index (χ0n) is 11.0. The number of carbonyl (C=O) groups is 1. The number of rotatable bonds is 3. The number of pyridine rings is 1. The number of halogens is 3. The van der Waals surface area contributed by atoms with Crippen molar-refractivity contribution >= 4 is 30.7 Å². The van der Waals surface area contributed by atoms with Crippen LogP contribution in [0, 0.1) is 11.7 Å². The summed E-state index contributed by atoms with van der Waals surface area (Å²) >= 11 is 0. The molecule has 1 aromatic rings. The lowest BCUT2D eigenvalue weighted by molar-refractivity contribution is 0.0907. The van der Waals surface area contributed by atoms with Gasteiger partial charge in [0.15, 0.2) is 0 Å². The Kier molecular flexibility index (Phi) is 8.69. The Bertz CT molecular complexity index is 434. The van der Waals surface area contributed by atoms with E-state index in [2.05, 4.69) is 10.3 Å². The normalized spacial score (nSPS) is 21.3. The monoisotopic (exact) mass is 323 g/mol. The Morgan fingerprint density at radius 3 is 2.70 bits per heavy atom. The Morgan fingerprint density at radius 2 is 2.05 bits per heavy atom. The molecule has 1 saturated carbocycles. The largest absolute Gasteiger partial charge is 0.349 e. The molecular weight excluding hydrogens is 304 g/mol. The van der Waals surface area contributed by atoms with Crippen molar-refractivity contribution in [1.29, 1.82) is 0 Å². The van der Waals surface area contributed by atoms with E-state index in [0.29, 0.717) is 12.5 Å². The van der Waals surface area contributed by atoms with E-state index in [4.69, 9.17) is 5.73 Å². The molecule has 0 saturated heterocycles. The highest BCUT2D eigenvalue weighted by Gasteiger charge is 2.25. The first-order chi connectivity index (χ1) is 8.70. The predicted molar refractivity (Wildman–Crippen MR) is 81.0 cm³/mol. The molecule has 4 nitrogen and oxygen atoms in total. The highest BCUT2D eigenvalue weighted by Crippen LogP contribution is 2.23. The number of amides is 1. The van der Waals surface area contributed by atoms with Crippen molar-refractivity contribution in [1.82, 2.24) is 10.3 Å². The van der Waals surface area contributed by atoms with E-state index in [0.717, 1.165) is 31.9 Å². The molecule has 2 rings (SSSR count). The quantitative estimate of drug-likeness (QED) is 0.896. The highest BCUT2D eigenvalue weighted by atomic mass is 35.5. The average Bonchev–Trinajstić information content (AvgIpc) is 2.39. The third-order valence-corrected chi connectivity index (χ3v) is 3.50. The highest BCUT2D eigenvalue weighted by molar-refractivity contribution is 5.94. The first-order valence-electron chi connectivity index (χ1n) is 6.32. The molecule has 1 aliphatic rings. The van der Waals surface area contributed by atoms with Crippen LogP contribution in [-0.4, -0.2) is 23.5 Å². The predicted octanol–water partition coefficient (Wildman–Crippen LogP) is 2.31. The summed E-state index contributed by atoms with van der Waals surface area (Å²) in [7, 11) is 0. The van der Waals surface area contributed by atoms with Crippen LogP contribution in [0.1, 0.15) is 36.0 Å². The van der Waals surface area contributed by atoms with Crippen LogP contribution in [0.5, 0.6) is 0 Å². The fourth-order valence-electron chi connectivity index (χ4n) is 2.47. The van der Waals surface area contributed by atoms with Gasteiger partial charge >= 0.3 is 0 Å². The SMILES string of the molecule is Cl.Cl.NCC1CCCCC1NC(=O)c1cncc(F)c1. The second kappa shape index (κ2) is 9.10. The minimum Gasteiger partial charge on any atom is -0.349 e. The molecule has 114 valence electrons. The molecular formula is C13H20Cl2FN3O. The summed E-state index contributed by atoms with van der Waals surface area (Å²) in [6.45, 7) is 0.576. The summed E-state index contributed by atoms with van der Waals surface area (Å²) in [5.74, 6) is -0.446. The molecule has 0 bridgehead atoms. The van der Waals surface area contributed by atoms with Crippen molar-refractivity contribution in [3.8, 4) is 0 Å². The molecule has 1 aromatic heterocycles. The van der Waals surface area contributed by atoms with Crippen LogP contribution in [-0.2, 0) is 0 Å². The maximum atomic E-state index is 13.0. The molecule has 7 heteroatoms. The molecule has 0 spiro atoms. The second-order valence-electron chi connectivity index (χ2n) is 4.75. The minimum absolute atomic E-state index is 0. The van der Waals surface area contributed by atoms with Gasteiger partial charge in [-0.05, 0) is 31.4 Å². The van der Waals surface area contributed by atoms with E-state index < -0.39 is 5.82 Å². The summed E-state index contributed by atoms with van der Waals surface area (Å²) in [5.41, 5.74) is 5.97. The lowest BCUT2D eigenvalue weighted by Crippen LogP contribution is -2.44. The summed E-state index contributed by atoms with van der Waals surface area (Å²) in [6, 6.07) is 1.29. The maximum absolute atomic E-state index is 13.0.